The first-order valence-electron chi connectivity index (χ1n) is 5.35. The number of aromatic nitrogens is 2. The van der Waals surface area contributed by atoms with Gasteiger partial charge in [-0.05, 0) is 19.1 Å². The van der Waals surface area contributed by atoms with Crippen LogP contribution in [0.2, 0.25) is 5.02 Å². The monoisotopic (exact) mass is 246 g/mol. The fourth-order valence-corrected chi connectivity index (χ4v) is 2.62. The van der Waals surface area contributed by atoms with Crippen molar-refractivity contribution in [3.05, 3.63) is 45.3 Å². The molecular weight excluding hydrogens is 236 g/mol. The Kier molecular flexibility index (Phi) is 2.07. The third-order valence-corrected chi connectivity index (χ3v) is 3.38. The maximum atomic E-state index is 11.5. The van der Waals surface area contributed by atoms with E-state index in [1.54, 1.807) is 6.07 Å². The molecule has 0 fully saturated rings. The van der Waals surface area contributed by atoms with Gasteiger partial charge in [-0.3, -0.25) is 4.79 Å². The van der Waals surface area contributed by atoms with Gasteiger partial charge in [0.15, 0.2) is 0 Å². The molecule has 0 atom stereocenters. The molecule has 2 heterocycles. The molecule has 1 N–H and O–H groups in total. The molecule has 0 saturated carbocycles. The molecule has 0 aliphatic carbocycles. The highest BCUT2D eigenvalue weighted by Gasteiger charge is 2.11. The maximum Gasteiger partial charge on any atom is 0.248 e. The van der Waals surface area contributed by atoms with Crippen LogP contribution in [0.5, 0.6) is 0 Å². The standard InChI is InChI=1S/C13H11ClN2O/c1-7-13-10(6-12(17)15-7)9-4-3-8(14)5-11(9)16(13)2/h3-6H,1-2H3,(H,15,17). The molecule has 0 saturated heterocycles. The van der Waals surface area contributed by atoms with Gasteiger partial charge in [0.25, 0.3) is 0 Å². The Morgan fingerprint density at radius 1 is 1.24 bits per heavy atom. The predicted molar refractivity (Wildman–Crippen MR) is 70.8 cm³/mol. The number of nitrogens with zero attached hydrogens (tertiary/aromatic N) is 1. The summed E-state index contributed by atoms with van der Waals surface area (Å²) < 4.78 is 2.06. The van der Waals surface area contributed by atoms with Gasteiger partial charge < -0.3 is 9.55 Å². The van der Waals surface area contributed by atoms with Crippen LogP contribution in [0.25, 0.3) is 21.8 Å². The van der Waals surface area contributed by atoms with Gasteiger partial charge in [-0.1, -0.05) is 17.7 Å². The summed E-state index contributed by atoms with van der Waals surface area (Å²) in [5.74, 6) is 0. The van der Waals surface area contributed by atoms with Crippen molar-refractivity contribution < 1.29 is 0 Å². The van der Waals surface area contributed by atoms with Crippen LogP contribution in [0.1, 0.15) is 5.69 Å². The number of rotatable bonds is 0. The van der Waals surface area contributed by atoms with Gasteiger partial charge in [0.1, 0.15) is 0 Å². The van der Waals surface area contributed by atoms with Crippen LogP contribution < -0.4 is 5.56 Å². The van der Waals surface area contributed by atoms with Crippen LogP contribution in [0.3, 0.4) is 0 Å². The number of benzene rings is 1. The van der Waals surface area contributed by atoms with Gasteiger partial charge in [-0.25, -0.2) is 0 Å². The number of aryl methyl sites for hydroxylation is 2. The molecule has 0 amide bonds. The molecule has 3 aromatic rings. The highest BCUT2D eigenvalue weighted by Crippen LogP contribution is 2.29. The lowest BCUT2D eigenvalue weighted by Crippen LogP contribution is -2.06. The highest BCUT2D eigenvalue weighted by atomic mass is 35.5. The third kappa shape index (κ3) is 1.39. The van der Waals surface area contributed by atoms with E-state index in [9.17, 15) is 4.79 Å². The Bertz CT molecular complexity index is 798. The Morgan fingerprint density at radius 2 is 2.00 bits per heavy atom. The molecule has 17 heavy (non-hydrogen) atoms. The minimum absolute atomic E-state index is 0.0718. The fourth-order valence-electron chi connectivity index (χ4n) is 2.45. The summed E-state index contributed by atoms with van der Waals surface area (Å²) in [6.07, 6.45) is 0. The second-order valence-corrected chi connectivity index (χ2v) is 4.68. The second-order valence-electron chi connectivity index (χ2n) is 4.24. The van der Waals surface area contributed by atoms with Crippen LogP contribution >= 0.6 is 11.6 Å². The number of halogens is 1. The van der Waals surface area contributed by atoms with E-state index in [2.05, 4.69) is 9.55 Å². The number of hydrogen-bond donors (Lipinski definition) is 1. The molecule has 0 bridgehead atoms. The Balaban J connectivity index is 2.68. The van der Waals surface area contributed by atoms with Crippen LogP contribution in [0, 0.1) is 6.92 Å². The van der Waals surface area contributed by atoms with E-state index in [0.29, 0.717) is 5.02 Å². The molecule has 2 aromatic heterocycles. The lowest BCUT2D eigenvalue weighted by molar-refractivity contribution is 0.993. The minimum Gasteiger partial charge on any atom is -0.342 e. The molecule has 3 rings (SSSR count). The lowest BCUT2D eigenvalue weighted by Gasteiger charge is -2.00. The van der Waals surface area contributed by atoms with Crippen molar-refractivity contribution in [2.75, 3.05) is 0 Å². The molecule has 0 aliphatic heterocycles. The van der Waals surface area contributed by atoms with E-state index in [-0.39, 0.29) is 5.56 Å². The van der Waals surface area contributed by atoms with Crippen molar-refractivity contribution in [2.24, 2.45) is 7.05 Å². The van der Waals surface area contributed by atoms with Crippen molar-refractivity contribution in [2.45, 2.75) is 6.92 Å². The molecule has 0 spiro atoms. The highest BCUT2D eigenvalue weighted by molar-refractivity contribution is 6.31. The topological polar surface area (TPSA) is 37.8 Å². The Morgan fingerprint density at radius 3 is 2.76 bits per heavy atom. The van der Waals surface area contributed by atoms with Crippen LogP contribution in [-0.4, -0.2) is 9.55 Å². The first kappa shape index (κ1) is 10.4. The Hall–Kier alpha value is -1.74. The predicted octanol–water partition coefficient (Wildman–Crippen LogP) is 2.98. The van der Waals surface area contributed by atoms with Gasteiger partial charge in [0.2, 0.25) is 5.56 Å². The molecule has 0 radical (unpaired) electrons. The molecule has 0 aliphatic rings. The van der Waals surface area contributed by atoms with Gasteiger partial charge >= 0.3 is 0 Å². The molecule has 4 heteroatoms. The summed E-state index contributed by atoms with van der Waals surface area (Å²) in [5, 5.41) is 2.73. The van der Waals surface area contributed by atoms with Crippen molar-refractivity contribution >= 4 is 33.4 Å². The lowest BCUT2D eigenvalue weighted by atomic mass is 10.2. The minimum atomic E-state index is -0.0718. The maximum absolute atomic E-state index is 11.5. The zero-order valence-electron chi connectivity index (χ0n) is 9.54. The average Bonchev–Trinajstić information content (AvgIpc) is 2.52. The van der Waals surface area contributed by atoms with Gasteiger partial charge in [-0.15, -0.1) is 0 Å². The summed E-state index contributed by atoms with van der Waals surface area (Å²) in [5.41, 5.74) is 2.89. The van der Waals surface area contributed by atoms with E-state index in [0.717, 1.165) is 27.5 Å². The Labute approximate surface area is 103 Å². The zero-order valence-corrected chi connectivity index (χ0v) is 10.3. The van der Waals surface area contributed by atoms with E-state index in [1.165, 1.54) is 0 Å². The van der Waals surface area contributed by atoms with E-state index >= 15 is 0 Å². The summed E-state index contributed by atoms with van der Waals surface area (Å²) in [6.45, 7) is 1.91. The number of fused-ring (bicyclic) bond motifs is 3. The molecule has 86 valence electrons. The summed E-state index contributed by atoms with van der Waals surface area (Å²) in [4.78, 5) is 14.4. The van der Waals surface area contributed by atoms with Crippen molar-refractivity contribution in [1.82, 2.24) is 9.55 Å². The van der Waals surface area contributed by atoms with Crippen molar-refractivity contribution in [3.63, 3.8) is 0 Å². The van der Waals surface area contributed by atoms with Gasteiger partial charge in [0.05, 0.1) is 11.0 Å². The van der Waals surface area contributed by atoms with Crippen LogP contribution in [-0.2, 0) is 7.05 Å². The molecule has 3 nitrogen and oxygen atoms in total. The van der Waals surface area contributed by atoms with E-state index < -0.39 is 0 Å². The largest absolute Gasteiger partial charge is 0.342 e. The third-order valence-electron chi connectivity index (χ3n) is 3.14. The summed E-state index contributed by atoms with van der Waals surface area (Å²) in [7, 11) is 1.98. The van der Waals surface area contributed by atoms with E-state index in [1.807, 2.05) is 32.2 Å². The molecule has 0 unspecified atom stereocenters. The van der Waals surface area contributed by atoms with Crippen LogP contribution in [0.15, 0.2) is 29.1 Å². The van der Waals surface area contributed by atoms with Crippen LogP contribution in [0.4, 0.5) is 0 Å². The molecule has 1 aromatic carbocycles. The van der Waals surface area contributed by atoms with Gasteiger partial charge in [-0.2, -0.15) is 0 Å². The average molecular weight is 247 g/mol. The van der Waals surface area contributed by atoms with E-state index in [4.69, 9.17) is 11.6 Å². The fraction of sp³-hybridized carbons (Fsp3) is 0.154. The summed E-state index contributed by atoms with van der Waals surface area (Å²) in [6, 6.07) is 7.36. The number of pyridine rings is 1. The number of nitrogens with one attached hydrogen (secondary N) is 1. The molecular formula is C13H11ClN2O. The van der Waals surface area contributed by atoms with Crippen molar-refractivity contribution in [1.29, 1.82) is 0 Å². The van der Waals surface area contributed by atoms with Crippen molar-refractivity contribution in [3.8, 4) is 0 Å². The first-order chi connectivity index (χ1) is 8.08. The number of H-pyrrole nitrogens is 1. The number of aromatic amines is 1. The van der Waals surface area contributed by atoms with Gasteiger partial charge in [0, 0.05) is 34.6 Å². The first-order valence-corrected chi connectivity index (χ1v) is 5.73. The number of hydrogen-bond acceptors (Lipinski definition) is 1. The smallest absolute Gasteiger partial charge is 0.248 e. The second kappa shape index (κ2) is 3.37. The quantitative estimate of drug-likeness (QED) is 0.651. The SMILES string of the molecule is Cc1[nH]c(=O)cc2c3ccc(Cl)cc3n(C)c12. The normalized spacial score (nSPS) is 11.5. The summed E-state index contributed by atoms with van der Waals surface area (Å²) >= 11 is 6.01. The zero-order chi connectivity index (χ0) is 12.2.